The third-order valence-electron chi connectivity index (χ3n) is 3.51. The summed E-state index contributed by atoms with van der Waals surface area (Å²) in [5.74, 6) is 0. The van der Waals surface area contributed by atoms with Crippen LogP contribution in [0.4, 0.5) is 0 Å². The van der Waals surface area contributed by atoms with E-state index in [9.17, 15) is 0 Å². The first-order chi connectivity index (χ1) is 7.77. The first-order valence-corrected chi connectivity index (χ1v) is 6.22. The van der Waals surface area contributed by atoms with Crippen LogP contribution in [0.15, 0.2) is 30.3 Å². The molecule has 0 saturated heterocycles. The number of benzene rings is 1. The van der Waals surface area contributed by atoms with Gasteiger partial charge < -0.3 is 10.2 Å². The zero-order chi connectivity index (χ0) is 11.4. The fraction of sp³-hybridized carbons (Fsp3) is 0.571. The van der Waals surface area contributed by atoms with Crippen LogP contribution in [0.25, 0.3) is 0 Å². The van der Waals surface area contributed by atoms with Gasteiger partial charge in [0.2, 0.25) is 0 Å². The lowest BCUT2D eigenvalue weighted by Crippen LogP contribution is -2.40. The molecule has 2 heteroatoms. The van der Waals surface area contributed by atoms with Crippen LogP contribution in [0.2, 0.25) is 0 Å². The number of nitrogens with one attached hydrogen (secondary N) is 1. The second kappa shape index (κ2) is 5.46. The number of rotatable bonds is 5. The standard InChI is InChI=1S/C14H22N2/c1-16(2)14(11-15-13-9-6-10-13)12-7-4-3-5-8-12/h3-5,7-8,13-15H,6,9-11H2,1-2H3. The quantitative estimate of drug-likeness (QED) is 0.816. The molecule has 1 N–H and O–H groups in total. The Balaban J connectivity index is 1.94. The molecule has 0 aliphatic heterocycles. The molecule has 1 aliphatic rings. The van der Waals surface area contributed by atoms with E-state index in [4.69, 9.17) is 0 Å². The van der Waals surface area contributed by atoms with Crippen LogP contribution in [0.1, 0.15) is 30.9 Å². The minimum absolute atomic E-state index is 0.488. The molecule has 88 valence electrons. The fourth-order valence-electron chi connectivity index (χ4n) is 2.16. The predicted molar refractivity (Wildman–Crippen MR) is 68.5 cm³/mol. The highest BCUT2D eigenvalue weighted by Crippen LogP contribution is 2.21. The monoisotopic (exact) mass is 218 g/mol. The van der Waals surface area contributed by atoms with Gasteiger partial charge >= 0.3 is 0 Å². The van der Waals surface area contributed by atoms with E-state index >= 15 is 0 Å². The molecule has 1 aliphatic carbocycles. The average molecular weight is 218 g/mol. The summed E-state index contributed by atoms with van der Waals surface area (Å²) in [5, 5.41) is 3.66. The van der Waals surface area contributed by atoms with Crippen LogP contribution in [0.5, 0.6) is 0 Å². The van der Waals surface area contributed by atoms with Crippen molar-refractivity contribution in [2.45, 2.75) is 31.3 Å². The van der Waals surface area contributed by atoms with Crippen molar-refractivity contribution in [3.8, 4) is 0 Å². The molecule has 16 heavy (non-hydrogen) atoms. The number of nitrogens with zero attached hydrogens (tertiary/aromatic N) is 1. The lowest BCUT2D eigenvalue weighted by atomic mass is 9.92. The molecule has 0 amide bonds. The molecular formula is C14H22N2. The smallest absolute Gasteiger partial charge is 0.0466 e. The van der Waals surface area contributed by atoms with Gasteiger partial charge in [-0.1, -0.05) is 36.8 Å². The van der Waals surface area contributed by atoms with E-state index in [0.29, 0.717) is 6.04 Å². The Labute approximate surface area is 98.7 Å². The number of hydrogen-bond donors (Lipinski definition) is 1. The molecule has 1 atom stereocenters. The molecule has 0 aromatic heterocycles. The number of hydrogen-bond acceptors (Lipinski definition) is 2. The van der Waals surface area contributed by atoms with Crippen LogP contribution < -0.4 is 5.32 Å². The molecule has 1 unspecified atom stereocenters. The van der Waals surface area contributed by atoms with Crippen molar-refractivity contribution >= 4 is 0 Å². The molecule has 1 aromatic rings. The van der Waals surface area contributed by atoms with Crippen LogP contribution in [0.3, 0.4) is 0 Å². The first-order valence-electron chi connectivity index (χ1n) is 6.22. The van der Waals surface area contributed by atoms with Crippen LogP contribution >= 0.6 is 0 Å². The number of likely N-dealkylation sites (N-methyl/N-ethyl adjacent to an activating group) is 1. The topological polar surface area (TPSA) is 15.3 Å². The van der Waals surface area contributed by atoms with Gasteiger partial charge in [0.25, 0.3) is 0 Å². The molecule has 2 nitrogen and oxygen atoms in total. The summed E-state index contributed by atoms with van der Waals surface area (Å²) in [6.45, 7) is 1.06. The van der Waals surface area contributed by atoms with Crippen molar-refractivity contribution in [3.05, 3.63) is 35.9 Å². The highest BCUT2D eigenvalue weighted by molar-refractivity contribution is 5.19. The Morgan fingerprint density at radius 3 is 2.44 bits per heavy atom. The average Bonchev–Trinajstić information content (AvgIpc) is 2.22. The highest BCUT2D eigenvalue weighted by Gasteiger charge is 2.20. The Kier molecular flexibility index (Phi) is 3.97. The van der Waals surface area contributed by atoms with Crippen molar-refractivity contribution < 1.29 is 0 Å². The summed E-state index contributed by atoms with van der Waals surface area (Å²) < 4.78 is 0. The van der Waals surface area contributed by atoms with Crippen LogP contribution in [-0.4, -0.2) is 31.6 Å². The van der Waals surface area contributed by atoms with Gasteiger partial charge in [0.1, 0.15) is 0 Å². The SMILES string of the molecule is CN(C)C(CNC1CCC1)c1ccccc1. The second-order valence-electron chi connectivity index (χ2n) is 4.93. The van der Waals surface area contributed by atoms with Crippen molar-refractivity contribution in [2.24, 2.45) is 0 Å². The van der Waals surface area contributed by atoms with E-state index < -0.39 is 0 Å². The van der Waals surface area contributed by atoms with Gasteiger partial charge in [0.15, 0.2) is 0 Å². The lowest BCUT2D eigenvalue weighted by molar-refractivity contribution is 0.253. The maximum absolute atomic E-state index is 3.66. The Morgan fingerprint density at radius 2 is 1.94 bits per heavy atom. The Hall–Kier alpha value is -0.860. The molecule has 2 rings (SSSR count). The second-order valence-corrected chi connectivity index (χ2v) is 4.93. The van der Waals surface area contributed by atoms with E-state index in [1.807, 2.05) is 0 Å². The molecule has 0 heterocycles. The summed E-state index contributed by atoms with van der Waals surface area (Å²) in [6.07, 6.45) is 4.11. The van der Waals surface area contributed by atoms with Gasteiger partial charge in [-0.25, -0.2) is 0 Å². The van der Waals surface area contributed by atoms with E-state index in [1.165, 1.54) is 24.8 Å². The van der Waals surface area contributed by atoms with E-state index in [-0.39, 0.29) is 0 Å². The summed E-state index contributed by atoms with van der Waals surface area (Å²) in [4.78, 5) is 2.29. The predicted octanol–water partition coefficient (Wildman–Crippen LogP) is 2.43. The third kappa shape index (κ3) is 2.83. The van der Waals surface area contributed by atoms with Gasteiger partial charge in [-0.15, -0.1) is 0 Å². The summed E-state index contributed by atoms with van der Waals surface area (Å²) >= 11 is 0. The summed E-state index contributed by atoms with van der Waals surface area (Å²) in [6, 6.07) is 12.0. The molecule has 0 bridgehead atoms. The molecule has 0 radical (unpaired) electrons. The maximum atomic E-state index is 3.66. The van der Waals surface area contributed by atoms with Crippen molar-refractivity contribution in [1.29, 1.82) is 0 Å². The minimum atomic E-state index is 0.488. The van der Waals surface area contributed by atoms with Gasteiger partial charge in [0.05, 0.1) is 0 Å². The van der Waals surface area contributed by atoms with E-state index in [2.05, 4.69) is 54.6 Å². The van der Waals surface area contributed by atoms with Crippen LogP contribution in [-0.2, 0) is 0 Å². The third-order valence-corrected chi connectivity index (χ3v) is 3.51. The van der Waals surface area contributed by atoms with Crippen LogP contribution in [0, 0.1) is 0 Å². The van der Waals surface area contributed by atoms with E-state index in [0.717, 1.165) is 12.6 Å². The highest BCUT2D eigenvalue weighted by atomic mass is 15.1. The fourth-order valence-corrected chi connectivity index (χ4v) is 2.16. The van der Waals surface area contributed by atoms with Crippen molar-refractivity contribution in [2.75, 3.05) is 20.6 Å². The van der Waals surface area contributed by atoms with E-state index in [1.54, 1.807) is 0 Å². The molecule has 1 saturated carbocycles. The minimum Gasteiger partial charge on any atom is -0.312 e. The zero-order valence-electron chi connectivity index (χ0n) is 10.3. The maximum Gasteiger partial charge on any atom is 0.0466 e. The van der Waals surface area contributed by atoms with Gasteiger partial charge in [-0.2, -0.15) is 0 Å². The largest absolute Gasteiger partial charge is 0.312 e. The van der Waals surface area contributed by atoms with Gasteiger partial charge in [-0.3, -0.25) is 0 Å². The van der Waals surface area contributed by atoms with Crippen molar-refractivity contribution in [1.82, 2.24) is 10.2 Å². The van der Waals surface area contributed by atoms with Gasteiger partial charge in [-0.05, 0) is 32.5 Å². The molecule has 0 spiro atoms. The Morgan fingerprint density at radius 1 is 1.25 bits per heavy atom. The van der Waals surface area contributed by atoms with Gasteiger partial charge in [0, 0.05) is 18.6 Å². The van der Waals surface area contributed by atoms with Crippen molar-refractivity contribution in [3.63, 3.8) is 0 Å². The molecular weight excluding hydrogens is 196 g/mol. The lowest BCUT2D eigenvalue weighted by Gasteiger charge is -2.31. The first kappa shape index (κ1) is 11.6. The summed E-state index contributed by atoms with van der Waals surface area (Å²) in [5.41, 5.74) is 1.40. The Bertz CT molecular complexity index is 304. The summed E-state index contributed by atoms with van der Waals surface area (Å²) in [7, 11) is 4.31. The zero-order valence-corrected chi connectivity index (χ0v) is 10.3. The molecule has 1 aromatic carbocycles. The molecule has 1 fully saturated rings. The normalized spacial score (nSPS) is 18.4.